The number of fused-ring (bicyclic) bond motifs is 1. The molecule has 1 N–H and O–H groups in total. The van der Waals surface area contributed by atoms with Crippen LogP contribution < -0.4 is 10.2 Å². The average molecular weight is 402 g/mol. The number of aromatic carboxylic acids is 1. The Hall–Kier alpha value is -2.38. The SMILES string of the molecule is CCN1CCC[C@H]1Cn1cc(C(=O)O)c(=O)c2cc(C)c(OCCN(C)C)cc21. The number of benzene rings is 1. The zero-order valence-corrected chi connectivity index (χ0v) is 17.8. The molecule has 1 aliphatic rings. The molecule has 2 heterocycles. The van der Waals surface area contributed by atoms with Gasteiger partial charge in [0.25, 0.3) is 0 Å². The lowest BCUT2D eigenvalue weighted by Crippen LogP contribution is -2.33. The third kappa shape index (κ3) is 4.62. The molecule has 1 fully saturated rings. The Kier molecular flexibility index (Phi) is 6.59. The van der Waals surface area contributed by atoms with E-state index in [1.165, 1.54) is 6.20 Å². The standard InChI is InChI=1S/C22H31N3O4/c1-5-24-8-6-7-16(24)13-25-14-18(22(27)28)21(26)17-11-15(2)20(12-19(17)25)29-10-9-23(3)4/h11-12,14,16H,5-10,13H2,1-4H3,(H,27,28)/t16-/m0/s1. The van der Waals surface area contributed by atoms with E-state index in [1.54, 1.807) is 6.07 Å². The molecule has 29 heavy (non-hydrogen) atoms. The van der Waals surface area contributed by atoms with Gasteiger partial charge in [0, 0.05) is 36.8 Å². The summed E-state index contributed by atoms with van der Waals surface area (Å²) in [6.45, 7) is 8.04. The van der Waals surface area contributed by atoms with Crippen molar-refractivity contribution in [2.75, 3.05) is 40.3 Å². The first-order valence-corrected chi connectivity index (χ1v) is 10.2. The zero-order chi connectivity index (χ0) is 21.1. The van der Waals surface area contributed by atoms with Crippen molar-refractivity contribution in [3.8, 4) is 5.75 Å². The summed E-state index contributed by atoms with van der Waals surface area (Å²) >= 11 is 0. The first-order valence-electron chi connectivity index (χ1n) is 10.2. The molecular weight excluding hydrogens is 370 g/mol. The minimum atomic E-state index is -1.19. The molecule has 3 rings (SSSR count). The highest BCUT2D eigenvalue weighted by atomic mass is 16.5. The second-order valence-electron chi connectivity index (χ2n) is 8.04. The van der Waals surface area contributed by atoms with Gasteiger partial charge in [0.1, 0.15) is 17.9 Å². The lowest BCUT2D eigenvalue weighted by Gasteiger charge is -2.25. The van der Waals surface area contributed by atoms with Gasteiger partial charge in [-0.15, -0.1) is 0 Å². The smallest absolute Gasteiger partial charge is 0.341 e. The fourth-order valence-electron chi connectivity index (χ4n) is 4.07. The maximum atomic E-state index is 12.8. The fraction of sp³-hybridized carbons (Fsp3) is 0.545. The fourth-order valence-corrected chi connectivity index (χ4v) is 4.07. The largest absolute Gasteiger partial charge is 0.492 e. The van der Waals surface area contributed by atoms with Crippen molar-refractivity contribution < 1.29 is 14.6 Å². The summed E-state index contributed by atoms with van der Waals surface area (Å²) in [5, 5.41) is 9.98. The molecule has 1 saturated heterocycles. The van der Waals surface area contributed by atoms with Crippen molar-refractivity contribution >= 4 is 16.9 Å². The summed E-state index contributed by atoms with van der Waals surface area (Å²) in [7, 11) is 3.98. The first-order chi connectivity index (χ1) is 13.8. The van der Waals surface area contributed by atoms with Gasteiger partial charge in [-0.25, -0.2) is 4.79 Å². The zero-order valence-electron chi connectivity index (χ0n) is 17.8. The minimum absolute atomic E-state index is 0.181. The molecule has 1 aromatic carbocycles. The molecule has 7 heteroatoms. The monoisotopic (exact) mass is 401 g/mol. The number of aromatic nitrogens is 1. The Morgan fingerprint density at radius 1 is 1.34 bits per heavy atom. The number of carboxylic acid groups (broad SMARTS) is 1. The summed E-state index contributed by atoms with van der Waals surface area (Å²) in [6.07, 6.45) is 3.71. The van der Waals surface area contributed by atoms with Crippen LogP contribution in [0, 0.1) is 6.92 Å². The van der Waals surface area contributed by atoms with E-state index in [2.05, 4.69) is 11.8 Å². The second-order valence-corrected chi connectivity index (χ2v) is 8.04. The molecule has 0 aliphatic carbocycles. The summed E-state index contributed by atoms with van der Waals surface area (Å²) in [5.74, 6) is -0.456. The number of ether oxygens (including phenoxy) is 1. The van der Waals surface area contributed by atoms with E-state index in [9.17, 15) is 14.7 Å². The lowest BCUT2D eigenvalue weighted by atomic mass is 10.1. The maximum Gasteiger partial charge on any atom is 0.341 e. The Bertz CT molecular complexity index is 951. The van der Waals surface area contributed by atoms with E-state index in [-0.39, 0.29) is 5.56 Å². The van der Waals surface area contributed by atoms with Crippen LogP contribution in [0.2, 0.25) is 0 Å². The molecule has 158 valence electrons. The van der Waals surface area contributed by atoms with Crippen LogP contribution in [0.1, 0.15) is 35.7 Å². The Labute approximate surface area is 171 Å². The number of aryl methyl sites for hydroxylation is 1. The number of carboxylic acids is 1. The Morgan fingerprint density at radius 3 is 2.76 bits per heavy atom. The normalized spacial score (nSPS) is 17.3. The van der Waals surface area contributed by atoms with Crippen LogP contribution in [0.4, 0.5) is 0 Å². The van der Waals surface area contributed by atoms with Crippen molar-refractivity contribution in [1.29, 1.82) is 0 Å². The van der Waals surface area contributed by atoms with Crippen molar-refractivity contribution in [2.45, 2.75) is 39.3 Å². The number of hydrogen-bond acceptors (Lipinski definition) is 5. The second kappa shape index (κ2) is 8.97. The predicted molar refractivity (Wildman–Crippen MR) is 114 cm³/mol. The number of nitrogens with zero attached hydrogens (tertiary/aromatic N) is 3. The highest BCUT2D eigenvalue weighted by Gasteiger charge is 2.25. The van der Waals surface area contributed by atoms with Crippen molar-refractivity contribution in [3.05, 3.63) is 39.7 Å². The van der Waals surface area contributed by atoms with Gasteiger partial charge in [-0.05, 0) is 58.6 Å². The van der Waals surface area contributed by atoms with E-state index in [0.717, 1.165) is 49.3 Å². The quantitative estimate of drug-likeness (QED) is 0.732. The van der Waals surface area contributed by atoms with Crippen LogP contribution in [0.15, 0.2) is 23.1 Å². The van der Waals surface area contributed by atoms with Crippen LogP contribution in [0.25, 0.3) is 10.9 Å². The molecule has 1 atom stereocenters. The van der Waals surface area contributed by atoms with Gasteiger partial charge in [0.05, 0.1) is 5.52 Å². The van der Waals surface area contributed by atoms with Crippen LogP contribution in [0.3, 0.4) is 0 Å². The molecule has 0 radical (unpaired) electrons. The summed E-state index contributed by atoms with van der Waals surface area (Å²) in [5.41, 5.74) is 0.941. The molecular formula is C22H31N3O4. The molecule has 0 saturated carbocycles. The number of rotatable bonds is 8. The molecule has 0 bridgehead atoms. The first kappa shape index (κ1) is 21.3. The van der Waals surface area contributed by atoms with Gasteiger partial charge in [-0.1, -0.05) is 6.92 Å². The predicted octanol–water partition coefficient (Wildman–Crippen LogP) is 2.43. The molecule has 2 aromatic rings. The van der Waals surface area contributed by atoms with Crippen LogP contribution in [-0.2, 0) is 6.54 Å². The highest BCUT2D eigenvalue weighted by Crippen LogP contribution is 2.26. The van der Waals surface area contributed by atoms with E-state index in [4.69, 9.17) is 4.74 Å². The molecule has 1 aliphatic heterocycles. The highest BCUT2D eigenvalue weighted by molar-refractivity contribution is 5.93. The van der Waals surface area contributed by atoms with Crippen molar-refractivity contribution in [2.24, 2.45) is 0 Å². The van der Waals surface area contributed by atoms with E-state index in [0.29, 0.717) is 24.6 Å². The van der Waals surface area contributed by atoms with Gasteiger partial charge in [0.2, 0.25) is 5.43 Å². The van der Waals surface area contributed by atoms with Gasteiger partial charge in [0.15, 0.2) is 0 Å². The lowest BCUT2D eigenvalue weighted by molar-refractivity contribution is 0.0694. The third-order valence-electron chi connectivity index (χ3n) is 5.72. The Balaban J connectivity index is 2.07. The Morgan fingerprint density at radius 2 is 2.10 bits per heavy atom. The number of pyridine rings is 1. The van der Waals surface area contributed by atoms with Gasteiger partial charge in [-0.2, -0.15) is 0 Å². The van der Waals surface area contributed by atoms with E-state index >= 15 is 0 Å². The summed E-state index contributed by atoms with van der Waals surface area (Å²) in [6, 6.07) is 3.99. The average Bonchev–Trinajstić information content (AvgIpc) is 3.11. The number of likely N-dealkylation sites (N-methyl/N-ethyl adjacent to an activating group) is 2. The molecule has 0 amide bonds. The van der Waals surface area contributed by atoms with Crippen molar-refractivity contribution in [1.82, 2.24) is 14.4 Å². The molecule has 0 spiro atoms. The van der Waals surface area contributed by atoms with Crippen LogP contribution >= 0.6 is 0 Å². The molecule has 7 nitrogen and oxygen atoms in total. The topological polar surface area (TPSA) is 75.0 Å². The van der Waals surface area contributed by atoms with Crippen LogP contribution in [-0.4, -0.2) is 71.8 Å². The van der Waals surface area contributed by atoms with Gasteiger partial charge < -0.3 is 19.3 Å². The van der Waals surface area contributed by atoms with Gasteiger partial charge in [-0.3, -0.25) is 9.69 Å². The maximum absolute atomic E-state index is 12.8. The van der Waals surface area contributed by atoms with E-state index in [1.807, 2.05) is 36.6 Å². The number of carbonyl (C=O) groups is 1. The summed E-state index contributed by atoms with van der Waals surface area (Å²) < 4.78 is 7.88. The van der Waals surface area contributed by atoms with E-state index < -0.39 is 11.4 Å². The third-order valence-corrected chi connectivity index (χ3v) is 5.72. The van der Waals surface area contributed by atoms with Crippen LogP contribution in [0.5, 0.6) is 5.75 Å². The van der Waals surface area contributed by atoms with Gasteiger partial charge >= 0.3 is 5.97 Å². The molecule has 0 unspecified atom stereocenters. The molecule has 1 aromatic heterocycles. The number of hydrogen-bond donors (Lipinski definition) is 1. The minimum Gasteiger partial charge on any atom is -0.492 e. The number of likely N-dealkylation sites (tertiary alicyclic amines) is 1. The van der Waals surface area contributed by atoms with Crippen molar-refractivity contribution in [3.63, 3.8) is 0 Å². The summed E-state index contributed by atoms with van der Waals surface area (Å²) in [4.78, 5) is 28.9.